The number of nitrogens with zero attached hydrogens (tertiary/aromatic N) is 1. The summed E-state index contributed by atoms with van der Waals surface area (Å²) in [6, 6.07) is 9.22. The molecule has 3 aromatic rings. The number of sulfone groups is 1. The lowest BCUT2D eigenvalue weighted by atomic mass is 9.94. The highest BCUT2D eigenvalue weighted by molar-refractivity contribution is 7.90. The molecular weight excluding hydrogens is 409 g/mol. The molecule has 0 saturated heterocycles. The molecule has 158 valence electrons. The summed E-state index contributed by atoms with van der Waals surface area (Å²) in [5.74, 6) is -1.38. The molecule has 1 aromatic heterocycles. The number of fused-ring (bicyclic) bond motifs is 1. The van der Waals surface area contributed by atoms with E-state index in [1.165, 1.54) is 12.1 Å². The molecule has 0 radical (unpaired) electrons. The molecule has 6 nitrogen and oxygen atoms in total. The number of hydrogen-bond acceptors (Lipinski definition) is 5. The Hall–Kier alpha value is -3.00. The lowest BCUT2D eigenvalue weighted by Gasteiger charge is -2.17. The Balaban J connectivity index is 2.12. The Kier molecular flexibility index (Phi) is 6.07. The van der Waals surface area contributed by atoms with E-state index in [0.29, 0.717) is 18.2 Å². The number of carboxylic acids is 1. The number of carboxylic acid groups (broad SMARTS) is 1. The highest BCUT2D eigenvalue weighted by atomic mass is 32.2. The largest absolute Gasteiger partial charge is 0.481 e. The van der Waals surface area contributed by atoms with Crippen LogP contribution in [0.2, 0.25) is 0 Å². The van der Waals surface area contributed by atoms with Gasteiger partial charge in [-0.2, -0.15) is 0 Å². The predicted molar refractivity (Wildman–Crippen MR) is 111 cm³/mol. The van der Waals surface area contributed by atoms with Crippen molar-refractivity contribution < 1.29 is 27.4 Å². The summed E-state index contributed by atoms with van der Waals surface area (Å²) >= 11 is 0. The molecule has 0 aliphatic heterocycles. The van der Waals surface area contributed by atoms with Crippen LogP contribution in [0.25, 0.3) is 10.9 Å². The quantitative estimate of drug-likeness (QED) is 0.613. The van der Waals surface area contributed by atoms with Gasteiger partial charge in [0.15, 0.2) is 16.4 Å². The summed E-state index contributed by atoms with van der Waals surface area (Å²) in [6.07, 6.45) is 2.20. The van der Waals surface area contributed by atoms with Crippen LogP contribution in [0.15, 0.2) is 41.3 Å². The van der Waals surface area contributed by atoms with Crippen LogP contribution in [-0.2, 0) is 27.5 Å². The van der Waals surface area contributed by atoms with Crippen molar-refractivity contribution in [2.24, 2.45) is 0 Å². The van der Waals surface area contributed by atoms with E-state index in [9.17, 15) is 17.6 Å². The Morgan fingerprint density at radius 3 is 2.40 bits per heavy atom. The van der Waals surface area contributed by atoms with Crippen molar-refractivity contribution in [1.82, 2.24) is 4.98 Å². The number of aliphatic carboxylic acids is 1. The molecule has 0 spiro atoms. The monoisotopic (exact) mass is 431 g/mol. The molecular formula is C22H22FNO5S. The van der Waals surface area contributed by atoms with Gasteiger partial charge < -0.3 is 9.84 Å². The van der Waals surface area contributed by atoms with Crippen molar-refractivity contribution in [3.8, 4) is 5.75 Å². The van der Waals surface area contributed by atoms with E-state index in [-0.39, 0.29) is 16.2 Å². The summed E-state index contributed by atoms with van der Waals surface area (Å²) in [5.41, 5.74) is 3.38. The van der Waals surface area contributed by atoms with Crippen LogP contribution in [0, 0.1) is 12.7 Å². The van der Waals surface area contributed by atoms with Crippen molar-refractivity contribution in [3.05, 3.63) is 64.6 Å². The predicted octanol–water partition coefficient (Wildman–Crippen LogP) is 3.70. The van der Waals surface area contributed by atoms with Gasteiger partial charge in [0, 0.05) is 17.3 Å². The van der Waals surface area contributed by atoms with Gasteiger partial charge in [0.05, 0.1) is 4.90 Å². The average molecular weight is 431 g/mol. The molecule has 0 atom stereocenters. The fourth-order valence-corrected chi connectivity index (χ4v) is 4.06. The second kappa shape index (κ2) is 8.39. The van der Waals surface area contributed by atoms with Gasteiger partial charge in [-0.25, -0.2) is 22.6 Å². The fraction of sp³-hybridized carbons (Fsp3) is 0.273. The molecule has 2 aromatic carbocycles. The molecule has 1 heterocycles. The van der Waals surface area contributed by atoms with Crippen molar-refractivity contribution in [1.29, 1.82) is 0 Å². The topological polar surface area (TPSA) is 93.6 Å². The summed E-state index contributed by atoms with van der Waals surface area (Å²) in [5, 5.41) is 9.37. The molecule has 0 unspecified atom stereocenters. The first kappa shape index (κ1) is 21.7. The number of pyridine rings is 1. The Bertz CT molecular complexity index is 1220. The van der Waals surface area contributed by atoms with Gasteiger partial charge in [-0.15, -0.1) is 0 Å². The number of ether oxygens (including phenoxy) is 1. The van der Waals surface area contributed by atoms with Crippen LogP contribution in [-0.4, -0.2) is 37.3 Å². The maximum atomic E-state index is 14.5. The molecule has 8 heteroatoms. The standard InChI is InChI=1S/C22H22FNO5S/c1-4-18-16(11-14-5-7-15(8-6-14)30(3,27)28)13(2)21-19(29-12-20(25)26)10-9-17(23)22(21)24-18/h5-10H,4,11-12H2,1-3H3,(H,25,26). The highest BCUT2D eigenvalue weighted by Crippen LogP contribution is 2.34. The lowest BCUT2D eigenvalue weighted by Crippen LogP contribution is -2.11. The first-order chi connectivity index (χ1) is 14.1. The van der Waals surface area contributed by atoms with Crippen molar-refractivity contribution >= 4 is 26.7 Å². The fourth-order valence-electron chi connectivity index (χ4n) is 3.43. The molecule has 3 rings (SSSR count). The van der Waals surface area contributed by atoms with Crippen LogP contribution in [0.1, 0.15) is 29.3 Å². The molecule has 0 bridgehead atoms. The van der Waals surface area contributed by atoms with Crippen LogP contribution < -0.4 is 4.74 Å². The van der Waals surface area contributed by atoms with Gasteiger partial charge in [-0.3, -0.25) is 0 Å². The van der Waals surface area contributed by atoms with E-state index in [0.717, 1.165) is 28.6 Å². The third-order valence-electron chi connectivity index (χ3n) is 4.93. The Morgan fingerprint density at radius 1 is 1.17 bits per heavy atom. The van der Waals surface area contributed by atoms with Crippen molar-refractivity contribution in [2.45, 2.75) is 31.6 Å². The maximum absolute atomic E-state index is 14.5. The third-order valence-corrected chi connectivity index (χ3v) is 6.06. The zero-order valence-corrected chi connectivity index (χ0v) is 17.7. The van der Waals surface area contributed by atoms with Crippen molar-refractivity contribution in [3.63, 3.8) is 0 Å². The second-order valence-corrected chi connectivity index (χ2v) is 9.08. The normalized spacial score (nSPS) is 11.6. The number of aryl methyl sites for hydroxylation is 2. The smallest absolute Gasteiger partial charge is 0.341 e. The molecule has 0 saturated carbocycles. The van der Waals surface area contributed by atoms with Gasteiger partial charge in [-0.05, 0) is 60.7 Å². The average Bonchev–Trinajstić information content (AvgIpc) is 2.69. The summed E-state index contributed by atoms with van der Waals surface area (Å²) in [7, 11) is -3.28. The van der Waals surface area contributed by atoms with E-state index in [1.807, 2.05) is 13.8 Å². The molecule has 0 aliphatic rings. The number of benzene rings is 2. The molecule has 0 amide bonds. The number of carbonyl (C=O) groups is 1. The first-order valence-corrected chi connectivity index (χ1v) is 11.2. The van der Waals surface area contributed by atoms with Crippen molar-refractivity contribution in [2.75, 3.05) is 12.9 Å². The van der Waals surface area contributed by atoms with Gasteiger partial charge in [0.2, 0.25) is 0 Å². The van der Waals surface area contributed by atoms with E-state index in [4.69, 9.17) is 9.84 Å². The minimum atomic E-state index is -3.28. The van der Waals surface area contributed by atoms with E-state index in [2.05, 4.69) is 4.98 Å². The molecule has 30 heavy (non-hydrogen) atoms. The van der Waals surface area contributed by atoms with E-state index in [1.54, 1.807) is 24.3 Å². The number of aromatic nitrogens is 1. The molecule has 1 N–H and O–H groups in total. The number of halogens is 1. The first-order valence-electron chi connectivity index (χ1n) is 9.36. The van der Waals surface area contributed by atoms with Crippen LogP contribution in [0.5, 0.6) is 5.75 Å². The molecule has 0 aliphatic carbocycles. The zero-order valence-electron chi connectivity index (χ0n) is 16.9. The second-order valence-electron chi connectivity index (χ2n) is 7.06. The maximum Gasteiger partial charge on any atom is 0.341 e. The summed E-state index contributed by atoms with van der Waals surface area (Å²) in [6.45, 7) is 3.21. The highest BCUT2D eigenvalue weighted by Gasteiger charge is 2.18. The van der Waals surface area contributed by atoms with Gasteiger partial charge in [0.25, 0.3) is 0 Å². The van der Waals surface area contributed by atoms with Gasteiger partial charge >= 0.3 is 5.97 Å². The number of hydrogen-bond donors (Lipinski definition) is 1. The number of rotatable bonds is 7. The van der Waals surface area contributed by atoms with Crippen LogP contribution >= 0.6 is 0 Å². The lowest BCUT2D eigenvalue weighted by molar-refractivity contribution is -0.139. The minimum absolute atomic E-state index is 0.142. The third kappa shape index (κ3) is 4.43. The van der Waals surface area contributed by atoms with Crippen LogP contribution in [0.4, 0.5) is 4.39 Å². The zero-order chi connectivity index (χ0) is 22.1. The Morgan fingerprint density at radius 2 is 1.83 bits per heavy atom. The Labute approximate surface area is 174 Å². The SMILES string of the molecule is CCc1nc2c(F)ccc(OCC(=O)O)c2c(C)c1Cc1ccc(S(C)(=O)=O)cc1. The van der Waals surface area contributed by atoms with Gasteiger partial charge in [0.1, 0.15) is 17.1 Å². The van der Waals surface area contributed by atoms with Crippen LogP contribution in [0.3, 0.4) is 0 Å². The van der Waals surface area contributed by atoms with E-state index < -0.39 is 28.2 Å². The summed E-state index contributed by atoms with van der Waals surface area (Å²) in [4.78, 5) is 15.6. The van der Waals surface area contributed by atoms with Gasteiger partial charge in [-0.1, -0.05) is 19.1 Å². The summed E-state index contributed by atoms with van der Waals surface area (Å²) < 4.78 is 43.2. The van der Waals surface area contributed by atoms with E-state index >= 15 is 0 Å². The molecule has 0 fully saturated rings. The minimum Gasteiger partial charge on any atom is -0.481 e.